The monoisotopic (exact) mass is 462 g/mol. The van der Waals surface area contributed by atoms with Crippen LogP contribution >= 0.6 is 0 Å². The van der Waals surface area contributed by atoms with Crippen molar-refractivity contribution < 1.29 is 31.1 Å². The molecule has 0 amide bonds. The predicted octanol–water partition coefficient (Wildman–Crippen LogP) is 6.29. The molecule has 0 atom stereocenters. The molecule has 0 aliphatic carbocycles. The number of halogens is 6. The van der Waals surface area contributed by atoms with Gasteiger partial charge in [0.1, 0.15) is 5.82 Å². The minimum absolute atomic E-state index is 0.102. The molecule has 0 unspecified atom stereocenters. The molecule has 0 saturated heterocycles. The van der Waals surface area contributed by atoms with Gasteiger partial charge >= 0.3 is 12.4 Å². The van der Waals surface area contributed by atoms with E-state index in [1.165, 1.54) is 42.6 Å². The van der Waals surface area contributed by atoms with Gasteiger partial charge in [-0.1, -0.05) is 6.07 Å². The van der Waals surface area contributed by atoms with Gasteiger partial charge in [-0.05, 0) is 48.5 Å². The van der Waals surface area contributed by atoms with Crippen molar-refractivity contribution in [3.05, 3.63) is 77.7 Å². The van der Waals surface area contributed by atoms with Gasteiger partial charge in [0.2, 0.25) is 0 Å². The highest BCUT2D eigenvalue weighted by atomic mass is 19.4. The Hall–Kier alpha value is -4.02. The summed E-state index contributed by atoms with van der Waals surface area (Å²) in [5, 5.41) is 3.16. The number of alkyl halides is 6. The zero-order chi connectivity index (χ0) is 23.8. The summed E-state index contributed by atoms with van der Waals surface area (Å²) in [6.45, 7) is 0. The highest BCUT2D eigenvalue weighted by Gasteiger charge is 2.34. The third-order valence-corrected chi connectivity index (χ3v) is 4.68. The Kier molecular flexibility index (Phi) is 5.48. The summed E-state index contributed by atoms with van der Waals surface area (Å²) in [5.74, 6) is -0.156. The second kappa shape index (κ2) is 8.15. The Morgan fingerprint density at radius 3 is 2.21 bits per heavy atom. The minimum atomic E-state index is -4.63. The summed E-state index contributed by atoms with van der Waals surface area (Å²) in [7, 11) is 0. The summed E-state index contributed by atoms with van der Waals surface area (Å²) < 4.78 is 78.5. The highest BCUT2D eigenvalue weighted by Crippen LogP contribution is 2.37. The van der Waals surface area contributed by atoms with E-state index < -0.39 is 23.5 Å². The molecule has 0 aliphatic rings. The average Bonchev–Trinajstić information content (AvgIpc) is 2.77. The van der Waals surface area contributed by atoms with E-state index in [1.54, 1.807) is 0 Å². The lowest BCUT2D eigenvalue weighted by molar-refractivity contribution is -0.138. The summed E-state index contributed by atoms with van der Waals surface area (Å²) in [5.41, 5.74) is -1.56. The van der Waals surface area contributed by atoms with Crippen molar-refractivity contribution in [2.75, 3.05) is 5.32 Å². The number of benzene rings is 2. The van der Waals surface area contributed by atoms with Gasteiger partial charge in [-0.25, -0.2) is 9.97 Å². The maximum Gasteiger partial charge on any atom is 0.418 e. The molecule has 168 valence electrons. The quantitative estimate of drug-likeness (QED) is 0.285. The van der Waals surface area contributed by atoms with E-state index in [9.17, 15) is 31.1 Å². The number of carbonyl (C=O) groups is 1. The maximum atomic E-state index is 13.4. The van der Waals surface area contributed by atoms with Gasteiger partial charge in [0.05, 0.1) is 22.3 Å². The van der Waals surface area contributed by atoms with Crippen LogP contribution < -0.4 is 5.32 Å². The van der Waals surface area contributed by atoms with Gasteiger partial charge in [-0.15, -0.1) is 0 Å². The van der Waals surface area contributed by atoms with Crippen LogP contribution in [0.1, 0.15) is 21.7 Å². The van der Waals surface area contributed by atoms with Crippen molar-refractivity contribution in [3.8, 4) is 11.3 Å². The Bertz CT molecular complexity index is 1330. The molecule has 0 fully saturated rings. The molecule has 0 aliphatic heterocycles. The molecule has 0 spiro atoms. The van der Waals surface area contributed by atoms with E-state index in [2.05, 4.69) is 20.3 Å². The van der Waals surface area contributed by atoms with Crippen molar-refractivity contribution in [3.63, 3.8) is 0 Å². The van der Waals surface area contributed by atoms with Crippen molar-refractivity contribution in [2.45, 2.75) is 12.4 Å². The Morgan fingerprint density at radius 2 is 1.58 bits per heavy atom. The summed E-state index contributed by atoms with van der Waals surface area (Å²) >= 11 is 0. The normalized spacial score (nSPS) is 12.1. The van der Waals surface area contributed by atoms with Gasteiger partial charge in [0.25, 0.3) is 0 Å². The molecule has 0 bridgehead atoms. The van der Waals surface area contributed by atoms with E-state index in [1.807, 2.05) is 0 Å². The third kappa shape index (κ3) is 4.61. The van der Waals surface area contributed by atoms with Crippen LogP contribution in [-0.2, 0) is 12.4 Å². The molecule has 1 N–H and O–H groups in total. The number of aromatic nitrogens is 3. The van der Waals surface area contributed by atoms with Gasteiger partial charge in [-0.3, -0.25) is 9.78 Å². The fraction of sp³-hybridized carbons (Fsp3) is 0.0909. The maximum absolute atomic E-state index is 13.4. The number of hydrogen-bond donors (Lipinski definition) is 1. The molecule has 11 heteroatoms. The molecule has 2 heterocycles. The lowest BCUT2D eigenvalue weighted by Gasteiger charge is -2.14. The number of aldehydes is 1. The van der Waals surface area contributed by atoms with Gasteiger partial charge < -0.3 is 5.32 Å². The van der Waals surface area contributed by atoms with E-state index >= 15 is 0 Å². The van der Waals surface area contributed by atoms with Crippen LogP contribution in [0.3, 0.4) is 0 Å². The molecule has 4 rings (SSSR count). The number of hydrogen-bond acceptors (Lipinski definition) is 5. The van der Waals surface area contributed by atoms with Crippen LogP contribution in [0.15, 0.2) is 60.8 Å². The first-order valence-electron chi connectivity index (χ1n) is 9.30. The number of nitrogens with one attached hydrogen (secondary N) is 1. The Morgan fingerprint density at radius 1 is 0.848 bits per heavy atom. The number of fused-ring (bicyclic) bond motifs is 1. The molecular formula is C22H12F6N4O. The van der Waals surface area contributed by atoms with E-state index in [0.29, 0.717) is 11.7 Å². The van der Waals surface area contributed by atoms with Crippen molar-refractivity contribution in [1.82, 2.24) is 15.0 Å². The topological polar surface area (TPSA) is 67.8 Å². The Balaban J connectivity index is 1.78. The van der Waals surface area contributed by atoms with Crippen molar-refractivity contribution >= 4 is 28.7 Å². The molecule has 5 nitrogen and oxygen atoms in total. The largest absolute Gasteiger partial charge is 0.418 e. The number of nitrogens with zero attached hydrogens (tertiary/aromatic N) is 3. The molecule has 33 heavy (non-hydrogen) atoms. The number of anilines is 2. The zero-order valence-corrected chi connectivity index (χ0v) is 16.4. The molecule has 0 saturated carbocycles. The second-order valence-corrected chi connectivity index (χ2v) is 6.88. The number of rotatable bonds is 4. The number of pyridine rings is 1. The summed E-state index contributed by atoms with van der Waals surface area (Å²) in [6, 6.07) is 10.4. The summed E-state index contributed by atoms with van der Waals surface area (Å²) in [4.78, 5) is 23.2. The van der Waals surface area contributed by atoms with Crippen LogP contribution in [0.5, 0.6) is 0 Å². The predicted molar refractivity (Wildman–Crippen MR) is 108 cm³/mol. The zero-order valence-electron chi connectivity index (χ0n) is 16.4. The molecule has 2 aromatic heterocycles. The molecule has 2 aromatic carbocycles. The fourth-order valence-electron chi connectivity index (χ4n) is 3.19. The first-order chi connectivity index (χ1) is 15.6. The van der Waals surface area contributed by atoms with Gasteiger partial charge in [-0.2, -0.15) is 26.3 Å². The van der Waals surface area contributed by atoms with Crippen LogP contribution in [0.4, 0.5) is 37.8 Å². The fourth-order valence-corrected chi connectivity index (χ4v) is 3.19. The van der Waals surface area contributed by atoms with Crippen molar-refractivity contribution in [1.29, 1.82) is 0 Å². The number of carbonyl (C=O) groups excluding carboxylic acids is 1. The first kappa shape index (κ1) is 22.2. The van der Waals surface area contributed by atoms with Crippen LogP contribution in [0, 0.1) is 0 Å². The van der Waals surface area contributed by atoms with E-state index in [4.69, 9.17) is 0 Å². The first-order valence-corrected chi connectivity index (χ1v) is 9.30. The molecule has 4 aromatic rings. The highest BCUT2D eigenvalue weighted by molar-refractivity contribution is 5.95. The summed E-state index contributed by atoms with van der Waals surface area (Å²) in [6.07, 6.45) is -7.55. The van der Waals surface area contributed by atoms with Crippen LogP contribution in [0.2, 0.25) is 0 Å². The lowest BCUT2D eigenvalue weighted by atomic mass is 10.0. The van der Waals surface area contributed by atoms with Crippen LogP contribution in [-0.4, -0.2) is 21.2 Å². The molecule has 0 radical (unpaired) electrons. The second-order valence-electron chi connectivity index (χ2n) is 6.88. The average molecular weight is 462 g/mol. The van der Waals surface area contributed by atoms with E-state index in [-0.39, 0.29) is 34.1 Å². The van der Waals surface area contributed by atoms with Gasteiger partial charge in [0.15, 0.2) is 12.1 Å². The standard InChI is InChI=1S/C22H12F6N4O/c23-21(24,25)13-4-6-14(7-5-13)30-20-15-8-3-12(10-17(15)31-18(11-33)32-20)19-16(22(26,27)28)2-1-9-29-19/h1-11H,(H,30,31,32). The van der Waals surface area contributed by atoms with E-state index in [0.717, 1.165) is 18.2 Å². The third-order valence-electron chi connectivity index (χ3n) is 4.68. The Labute approximate surface area is 182 Å². The smallest absolute Gasteiger partial charge is 0.340 e. The van der Waals surface area contributed by atoms with Crippen molar-refractivity contribution in [2.24, 2.45) is 0 Å². The minimum Gasteiger partial charge on any atom is -0.340 e. The lowest BCUT2D eigenvalue weighted by Crippen LogP contribution is -2.08. The molecular weight excluding hydrogens is 450 g/mol. The van der Waals surface area contributed by atoms with Crippen LogP contribution in [0.25, 0.3) is 22.2 Å². The SMILES string of the molecule is O=Cc1nc(Nc2ccc(C(F)(F)F)cc2)c2ccc(-c3ncccc3C(F)(F)F)cc2n1. The van der Waals surface area contributed by atoms with Gasteiger partial charge in [0, 0.05) is 22.8 Å².